The van der Waals surface area contributed by atoms with Crippen molar-refractivity contribution in [1.82, 2.24) is 19.9 Å². The zero-order valence-corrected chi connectivity index (χ0v) is 27.8. The summed E-state index contributed by atoms with van der Waals surface area (Å²) in [4.78, 5) is 21.0. The minimum Gasteiger partial charge on any atom is -0.254 e. The first-order valence-electron chi connectivity index (χ1n) is 17.6. The van der Waals surface area contributed by atoms with Crippen molar-refractivity contribution in [1.29, 1.82) is 0 Å². The highest BCUT2D eigenvalue weighted by atomic mass is 14.8. The van der Waals surface area contributed by atoms with Crippen LogP contribution >= 0.6 is 0 Å². The van der Waals surface area contributed by atoms with E-state index in [9.17, 15) is 0 Å². The maximum Gasteiger partial charge on any atom is 0.0978 e. The molecule has 10 aromatic carbocycles. The third-order valence-electron chi connectivity index (χ3n) is 11.1. The molecular formula is C48H26N4. The molecule has 0 unspecified atom stereocenters. The van der Waals surface area contributed by atoms with Gasteiger partial charge in [-0.05, 0) is 91.0 Å². The summed E-state index contributed by atoms with van der Waals surface area (Å²) < 4.78 is 0. The molecule has 0 aliphatic carbocycles. The molecule has 0 fully saturated rings. The lowest BCUT2D eigenvalue weighted by Crippen LogP contribution is -1.94. The van der Waals surface area contributed by atoms with Gasteiger partial charge in [0.1, 0.15) is 0 Å². The molecule has 0 spiro atoms. The summed E-state index contributed by atoms with van der Waals surface area (Å²) in [7, 11) is 0. The molecule has 15 rings (SSSR count). The van der Waals surface area contributed by atoms with Crippen LogP contribution in [0.2, 0.25) is 0 Å². The summed E-state index contributed by atoms with van der Waals surface area (Å²) in [5.74, 6) is 0. The highest BCUT2D eigenvalue weighted by Gasteiger charge is 2.18. The quantitative estimate of drug-likeness (QED) is 0.173. The molecule has 0 aliphatic heterocycles. The van der Waals surface area contributed by atoms with Crippen molar-refractivity contribution in [3.8, 4) is 22.3 Å². The van der Waals surface area contributed by atoms with E-state index in [0.29, 0.717) is 0 Å². The van der Waals surface area contributed by atoms with Gasteiger partial charge in [-0.3, -0.25) is 9.97 Å². The highest BCUT2D eigenvalue weighted by Crippen LogP contribution is 2.41. The molecule has 0 amide bonds. The van der Waals surface area contributed by atoms with Crippen LogP contribution in [0, 0.1) is 0 Å². The second-order valence-electron chi connectivity index (χ2n) is 13.8. The van der Waals surface area contributed by atoms with Gasteiger partial charge in [0.15, 0.2) is 0 Å². The van der Waals surface area contributed by atoms with Crippen molar-refractivity contribution < 1.29 is 0 Å². The second-order valence-corrected chi connectivity index (χ2v) is 13.8. The summed E-state index contributed by atoms with van der Waals surface area (Å²) in [5, 5.41) is 13.2. The zero-order chi connectivity index (χ0) is 33.9. The fourth-order valence-electron chi connectivity index (χ4n) is 8.61. The molecule has 4 heteroatoms. The number of pyridine rings is 4. The molecule has 0 N–H and O–H groups in total. The Morgan fingerprint density at radius 2 is 0.712 bits per heavy atom. The lowest BCUT2D eigenvalue weighted by Gasteiger charge is -2.15. The van der Waals surface area contributed by atoms with Crippen LogP contribution in [0.25, 0.3) is 120 Å². The van der Waals surface area contributed by atoms with Gasteiger partial charge in [0.05, 0.1) is 33.1 Å². The molecule has 15 aromatic rings. The lowest BCUT2D eigenvalue weighted by molar-refractivity contribution is 1.39. The third kappa shape index (κ3) is 3.81. The fraction of sp³-hybridized carbons (Fsp3) is 0. The van der Waals surface area contributed by atoms with E-state index in [0.717, 1.165) is 120 Å². The van der Waals surface area contributed by atoms with Crippen LogP contribution in [0.3, 0.4) is 0 Å². The highest BCUT2D eigenvalue weighted by molar-refractivity contribution is 6.24. The summed E-state index contributed by atoms with van der Waals surface area (Å²) in [5.41, 5.74) is 10.0. The molecule has 0 radical (unpaired) electrons. The first kappa shape index (κ1) is 27.7. The Balaban J connectivity index is 1.44. The second kappa shape index (κ2) is 10.3. The van der Waals surface area contributed by atoms with Gasteiger partial charge in [-0.2, -0.15) is 0 Å². The predicted molar refractivity (Wildman–Crippen MR) is 217 cm³/mol. The van der Waals surface area contributed by atoms with Crippen molar-refractivity contribution in [3.63, 3.8) is 0 Å². The fourth-order valence-corrected chi connectivity index (χ4v) is 8.61. The SMILES string of the molecule is c1ccc(-c2cc3nc4c2ccc2c(-c5ccccc5)cc(nc24)c2cc4ccc2c2ccc(cc32)c2ccnc3c2ccc2c4ccnc23)cc1. The Morgan fingerprint density at radius 3 is 1.17 bits per heavy atom. The molecule has 4 nitrogen and oxygen atoms in total. The molecule has 5 heterocycles. The number of aromatic nitrogens is 4. The maximum atomic E-state index is 5.57. The minimum absolute atomic E-state index is 0.900. The van der Waals surface area contributed by atoms with E-state index in [1.54, 1.807) is 0 Å². The average Bonchev–Trinajstić information content (AvgIpc) is 3.22. The van der Waals surface area contributed by atoms with E-state index >= 15 is 0 Å². The Kier molecular flexibility index (Phi) is 5.47. The third-order valence-corrected chi connectivity index (χ3v) is 11.1. The van der Waals surface area contributed by atoms with Gasteiger partial charge in [-0.1, -0.05) is 109 Å². The molecule has 16 bridgehead atoms. The number of rotatable bonds is 2. The van der Waals surface area contributed by atoms with Gasteiger partial charge in [0, 0.05) is 44.7 Å². The van der Waals surface area contributed by atoms with Gasteiger partial charge in [0.25, 0.3) is 0 Å². The Hall–Kier alpha value is -7.04. The topological polar surface area (TPSA) is 51.6 Å². The Labute approximate surface area is 297 Å². The molecule has 0 saturated carbocycles. The largest absolute Gasteiger partial charge is 0.254 e. The number of hydrogen-bond donors (Lipinski definition) is 0. The smallest absolute Gasteiger partial charge is 0.0978 e. The normalized spacial score (nSPS) is 12.2. The lowest BCUT2D eigenvalue weighted by atomic mass is 9.93. The van der Waals surface area contributed by atoms with E-state index in [4.69, 9.17) is 19.9 Å². The van der Waals surface area contributed by atoms with Gasteiger partial charge >= 0.3 is 0 Å². The number of fused-ring (bicyclic) bond motifs is 2. The van der Waals surface area contributed by atoms with Crippen molar-refractivity contribution in [3.05, 3.63) is 158 Å². The van der Waals surface area contributed by atoms with E-state index in [1.165, 1.54) is 0 Å². The van der Waals surface area contributed by atoms with Crippen LogP contribution in [0.4, 0.5) is 0 Å². The van der Waals surface area contributed by atoms with Crippen molar-refractivity contribution in [2.75, 3.05) is 0 Å². The standard InChI is InChI=1S/C48H26N4/c1-3-7-27(8-4-1)39-25-43-41-23-29-11-13-33(41)34-14-12-30(32-20-22-50-46-36(32)16-15-35-31(29)19-21-49-45(35)46)24-42(34)44-26-40(28-9-5-2-6-10-28)38-18-17-37(39)47(51-43)48(38)52-44/h1-26H. The number of nitrogens with zero attached hydrogens (tertiary/aromatic N) is 4. The van der Waals surface area contributed by atoms with Gasteiger partial charge in [0.2, 0.25) is 0 Å². The summed E-state index contributed by atoms with van der Waals surface area (Å²) >= 11 is 0. The zero-order valence-electron chi connectivity index (χ0n) is 27.8. The van der Waals surface area contributed by atoms with E-state index in [1.807, 2.05) is 12.4 Å². The van der Waals surface area contributed by atoms with Crippen LogP contribution in [-0.2, 0) is 0 Å². The van der Waals surface area contributed by atoms with E-state index in [2.05, 4.69) is 146 Å². The Bertz CT molecular complexity index is 3220. The number of hydrogen-bond acceptors (Lipinski definition) is 4. The molecule has 0 aliphatic rings. The average molecular weight is 659 g/mol. The van der Waals surface area contributed by atoms with E-state index in [-0.39, 0.29) is 0 Å². The van der Waals surface area contributed by atoms with Gasteiger partial charge in [-0.15, -0.1) is 0 Å². The predicted octanol–water partition coefficient (Wildman–Crippen LogP) is 12.4. The van der Waals surface area contributed by atoms with Crippen LogP contribution in [0.15, 0.2) is 158 Å². The number of benzene rings is 6. The van der Waals surface area contributed by atoms with Crippen molar-refractivity contribution in [2.45, 2.75) is 0 Å². The maximum absolute atomic E-state index is 5.57. The van der Waals surface area contributed by atoms with Crippen LogP contribution in [0.5, 0.6) is 0 Å². The molecule has 52 heavy (non-hydrogen) atoms. The summed E-state index contributed by atoms with van der Waals surface area (Å²) in [6.07, 6.45) is 3.83. The molecule has 0 saturated heterocycles. The van der Waals surface area contributed by atoms with Gasteiger partial charge in [-0.25, -0.2) is 9.97 Å². The molecule has 0 atom stereocenters. The van der Waals surface area contributed by atoms with Gasteiger partial charge < -0.3 is 0 Å². The van der Waals surface area contributed by atoms with Crippen molar-refractivity contribution in [2.24, 2.45) is 0 Å². The monoisotopic (exact) mass is 658 g/mol. The molecule has 5 aromatic heterocycles. The summed E-state index contributed by atoms with van der Waals surface area (Å²) in [6.45, 7) is 0. The molecule has 238 valence electrons. The first-order valence-corrected chi connectivity index (χ1v) is 17.6. The van der Waals surface area contributed by atoms with Crippen LogP contribution in [0.1, 0.15) is 0 Å². The van der Waals surface area contributed by atoms with E-state index < -0.39 is 0 Å². The van der Waals surface area contributed by atoms with Crippen LogP contribution < -0.4 is 0 Å². The Morgan fingerprint density at radius 1 is 0.288 bits per heavy atom. The summed E-state index contributed by atoms with van der Waals surface area (Å²) in [6, 6.07) is 52.7. The van der Waals surface area contributed by atoms with Crippen LogP contribution in [-0.4, -0.2) is 19.9 Å². The first-order chi connectivity index (χ1) is 25.8. The molecular weight excluding hydrogens is 633 g/mol. The minimum atomic E-state index is 0.900. The van der Waals surface area contributed by atoms with Crippen molar-refractivity contribution >= 4 is 97.7 Å².